The fourth-order valence-electron chi connectivity index (χ4n) is 0.175. The molecule has 0 unspecified atom stereocenters. The van der Waals surface area contributed by atoms with E-state index in [9.17, 15) is 13.2 Å². The quantitative estimate of drug-likeness (QED) is 0.701. The molecule has 58 valence electrons. The molecule has 0 aromatic heterocycles. The molecule has 0 aliphatic carbocycles. The second-order valence-corrected chi connectivity index (χ2v) is 2.24. The third-order valence-electron chi connectivity index (χ3n) is 0.384. The van der Waals surface area contributed by atoms with Crippen LogP contribution in [0.4, 0.5) is 13.2 Å². The summed E-state index contributed by atoms with van der Waals surface area (Å²) in [6, 6.07) is 0. The number of alkyl halides is 3. The Labute approximate surface area is 61.6 Å². The zero-order valence-electron chi connectivity index (χ0n) is 4.44. The second kappa shape index (κ2) is 5.20. The number of nitrogens with two attached hydrogens (primary N) is 1. The molecule has 9 heavy (non-hydrogen) atoms. The third kappa shape index (κ3) is 11.8. The van der Waals surface area contributed by atoms with Crippen molar-refractivity contribution >= 4 is 24.2 Å². The molecule has 0 saturated heterocycles. The molecule has 0 rings (SSSR count). The van der Waals surface area contributed by atoms with Crippen LogP contribution in [0.1, 0.15) is 0 Å². The number of hydrogen-bond donors (Lipinski definition) is 1. The Kier molecular flexibility index (Phi) is 6.99. The minimum Gasteiger partial charge on any atom is -0.330 e. The Balaban J connectivity index is 0. The van der Waals surface area contributed by atoms with E-state index in [1.54, 1.807) is 0 Å². The van der Waals surface area contributed by atoms with Crippen LogP contribution in [-0.2, 0) is 0 Å². The van der Waals surface area contributed by atoms with Gasteiger partial charge in [0, 0.05) is 12.3 Å². The zero-order valence-corrected chi connectivity index (χ0v) is 6.07. The first-order chi connectivity index (χ1) is 3.56. The summed E-state index contributed by atoms with van der Waals surface area (Å²) in [4.78, 5) is 0. The summed E-state index contributed by atoms with van der Waals surface area (Å²) in [5.41, 5.74) is 0.703. The van der Waals surface area contributed by atoms with Crippen LogP contribution in [0, 0.1) is 0 Å². The first-order valence-electron chi connectivity index (χ1n) is 1.97. The first-order valence-corrected chi connectivity index (χ1v) is 2.95. The molecule has 6 heteroatoms. The number of halogens is 4. The molecule has 0 aliphatic rings. The fourth-order valence-corrected chi connectivity index (χ4v) is 0.524. The SMILES string of the molecule is Cl.NCCSC(F)(F)F. The van der Waals surface area contributed by atoms with Gasteiger partial charge in [0.25, 0.3) is 0 Å². The largest absolute Gasteiger partial charge is 0.441 e. The van der Waals surface area contributed by atoms with Crippen LogP contribution < -0.4 is 5.73 Å². The summed E-state index contributed by atoms with van der Waals surface area (Å²) in [6.07, 6.45) is 0. The Hall–Kier alpha value is 0.390. The number of rotatable bonds is 2. The van der Waals surface area contributed by atoms with Gasteiger partial charge >= 0.3 is 5.51 Å². The summed E-state index contributed by atoms with van der Waals surface area (Å²) < 4.78 is 33.5. The Bertz CT molecular complexity index is 66.6. The zero-order chi connectivity index (χ0) is 6.62. The van der Waals surface area contributed by atoms with Gasteiger partial charge in [0.2, 0.25) is 0 Å². The molecule has 0 aliphatic heterocycles. The highest BCUT2D eigenvalue weighted by molar-refractivity contribution is 8.00. The van der Waals surface area contributed by atoms with E-state index in [0.29, 0.717) is 0 Å². The van der Waals surface area contributed by atoms with Crippen LogP contribution >= 0.6 is 24.2 Å². The molecule has 0 amide bonds. The lowest BCUT2D eigenvalue weighted by molar-refractivity contribution is -0.0327. The van der Waals surface area contributed by atoms with Crippen molar-refractivity contribution in [2.24, 2.45) is 5.73 Å². The highest BCUT2D eigenvalue weighted by atomic mass is 35.5. The van der Waals surface area contributed by atoms with Crippen molar-refractivity contribution in [1.82, 2.24) is 0 Å². The lowest BCUT2D eigenvalue weighted by Crippen LogP contribution is -2.08. The van der Waals surface area contributed by atoms with Gasteiger partial charge in [-0.2, -0.15) is 13.2 Å². The van der Waals surface area contributed by atoms with Gasteiger partial charge in [-0.15, -0.1) is 12.4 Å². The van der Waals surface area contributed by atoms with Crippen molar-refractivity contribution in [3.8, 4) is 0 Å². The highest BCUT2D eigenvalue weighted by Gasteiger charge is 2.26. The molecule has 0 radical (unpaired) electrons. The van der Waals surface area contributed by atoms with Crippen LogP contribution in [0.5, 0.6) is 0 Å². The number of thioether (sulfide) groups is 1. The van der Waals surface area contributed by atoms with E-state index in [4.69, 9.17) is 5.73 Å². The fraction of sp³-hybridized carbons (Fsp3) is 1.00. The van der Waals surface area contributed by atoms with Crippen molar-refractivity contribution in [2.45, 2.75) is 5.51 Å². The van der Waals surface area contributed by atoms with Crippen molar-refractivity contribution in [2.75, 3.05) is 12.3 Å². The Morgan fingerprint density at radius 2 is 1.78 bits per heavy atom. The van der Waals surface area contributed by atoms with Crippen molar-refractivity contribution in [3.63, 3.8) is 0 Å². The molecule has 0 aromatic carbocycles. The minimum atomic E-state index is -4.11. The molecule has 1 nitrogen and oxygen atoms in total. The summed E-state index contributed by atoms with van der Waals surface area (Å²) in [5, 5.41) is 0. The monoisotopic (exact) mass is 181 g/mol. The van der Waals surface area contributed by atoms with Gasteiger partial charge in [0.15, 0.2) is 0 Å². The van der Waals surface area contributed by atoms with Crippen LogP contribution in [0.2, 0.25) is 0 Å². The van der Waals surface area contributed by atoms with Crippen molar-refractivity contribution < 1.29 is 13.2 Å². The maximum Gasteiger partial charge on any atom is 0.441 e. The normalized spacial score (nSPS) is 10.7. The van der Waals surface area contributed by atoms with E-state index in [1.807, 2.05) is 0 Å². The second-order valence-electron chi connectivity index (χ2n) is 1.08. The summed E-state index contributed by atoms with van der Waals surface area (Å²) in [7, 11) is 0. The Morgan fingerprint density at radius 1 is 1.33 bits per heavy atom. The lowest BCUT2D eigenvalue weighted by atomic mass is 10.8. The van der Waals surface area contributed by atoms with Crippen LogP contribution in [0.15, 0.2) is 0 Å². The molecule has 0 spiro atoms. The molecular formula is C3H7ClF3NS. The average Bonchev–Trinajstić information content (AvgIpc) is 1.59. The van der Waals surface area contributed by atoms with Gasteiger partial charge in [0.05, 0.1) is 0 Å². The standard InChI is InChI=1S/C3H6F3NS.ClH/c4-3(5,6)8-2-1-7;/h1-2,7H2;1H. The van der Waals surface area contributed by atoms with Gasteiger partial charge in [0.1, 0.15) is 0 Å². The van der Waals surface area contributed by atoms with Crippen LogP contribution in [-0.4, -0.2) is 17.8 Å². The molecule has 0 fully saturated rings. The van der Waals surface area contributed by atoms with Gasteiger partial charge < -0.3 is 5.73 Å². The van der Waals surface area contributed by atoms with Gasteiger partial charge in [-0.3, -0.25) is 0 Å². The average molecular weight is 182 g/mol. The van der Waals surface area contributed by atoms with Gasteiger partial charge in [-0.1, -0.05) is 0 Å². The Morgan fingerprint density at radius 3 is 1.89 bits per heavy atom. The molecule has 0 atom stereocenters. The van der Waals surface area contributed by atoms with E-state index < -0.39 is 5.51 Å². The maximum absolute atomic E-state index is 11.2. The highest BCUT2D eigenvalue weighted by Crippen LogP contribution is 2.29. The molecule has 0 aromatic rings. The van der Waals surface area contributed by atoms with Gasteiger partial charge in [-0.25, -0.2) is 0 Å². The van der Waals surface area contributed by atoms with Crippen LogP contribution in [0.3, 0.4) is 0 Å². The van der Waals surface area contributed by atoms with E-state index >= 15 is 0 Å². The van der Waals surface area contributed by atoms with Gasteiger partial charge in [-0.05, 0) is 11.8 Å². The molecule has 0 bridgehead atoms. The molecule has 0 saturated carbocycles. The maximum atomic E-state index is 11.2. The molecular weight excluding hydrogens is 175 g/mol. The third-order valence-corrected chi connectivity index (χ3v) is 1.15. The summed E-state index contributed by atoms with van der Waals surface area (Å²) in [5.74, 6) is -0.0521. The predicted octanol–water partition coefficient (Wildman–Crippen LogP) is 1.62. The smallest absolute Gasteiger partial charge is 0.330 e. The summed E-state index contributed by atoms with van der Waals surface area (Å²) >= 11 is -0.0914. The summed E-state index contributed by atoms with van der Waals surface area (Å²) in [6.45, 7) is 0.0736. The van der Waals surface area contributed by atoms with Crippen molar-refractivity contribution in [1.29, 1.82) is 0 Å². The van der Waals surface area contributed by atoms with Crippen molar-refractivity contribution in [3.05, 3.63) is 0 Å². The van der Waals surface area contributed by atoms with Crippen LogP contribution in [0.25, 0.3) is 0 Å². The topological polar surface area (TPSA) is 26.0 Å². The van der Waals surface area contributed by atoms with E-state index in [0.717, 1.165) is 0 Å². The van der Waals surface area contributed by atoms with E-state index in [1.165, 1.54) is 0 Å². The molecule has 2 N–H and O–H groups in total. The predicted molar refractivity (Wildman–Crippen MR) is 34.8 cm³/mol. The van der Waals surface area contributed by atoms with E-state index in [2.05, 4.69) is 0 Å². The molecule has 0 heterocycles. The minimum absolute atomic E-state index is 0. The van der Waals surface area contributed by atoms with E-state index in [-0.39, 0.29) is 36.5 Å². The number of hydrogen-bond acceptors (Lipinski definition) is 2. The lowest BCUT2D eigenvalue weighted by Gasteiger charge is -2.01. The first kappa shape index (κ1) is 12.1.